The first kappa shape index (κ1) is 17.6. The van der Waals surface area contributed by atoms with Gasteiger partial charge < -0.3 is 19.6 Å². The molecule has 0 spiro atoms. The minimum Gasteiger partial charge on any atom is -0.491 e. The molecule has 0 amide bonds. The SMILES string of the molecule is CN(C[C@@H](O)COc1ccccc1)C[C@H]1CCCN1c1cccnn1. The molecule has 1 aliphatic heterocycles. The molecule has 25 heavy (non-hydrogen) atoms. The molecule has 0 radical (unpaired) electrons. The van der Waals surface area contributed by atoms with Gasteiger partial charge in [0.25, 0.3) is 0 Å². The summed E-state index contributed by atoms with van der Waals surface area (Å²) in [6.07, 6.45) is 3.48. The van der Waals surface area contributed by atoms with Gasteiger partial charge in [0.15, 0.2) is 5.82 Å². The van der Waals surface area contributed by atoms with E-state index in [0.29, 0.717) is 19.2 Å². The number of anilines is 1. The summed E-state index contributed by atoms with van der Waals surface area (Å²) in [5, 5.41) is 18.4. The molecular formula is C19H26N4O2. The Bertz CT molecular complexity index is 626. The second-order valence-corrected chi connectivity index (χ2v) is 6.57. The van der Waals surface area contributed by atoms with Crippen molar-refractivity contribution in [1.82, 2.24) is 15.1 Å². The van der Waals surface area contributed by atoms with Gasteiger partial charge in [-0.2, -0.15) is 5.10 Å². The molecule has 2 heterocycles. The number of ether oxygens (including phenoxy) is 1. The molecule has 0 bridgehead atoms. The lowest BCUT2D eigenvalue weighted by Gasteiger charge is -2.30. The molecule has 1 aromatic heterocycles. The maximum Gasteiger partial charge on any atom is 0.151 e. The third-order valence-electron chi connectivity index (χ3n) is 4.46. The molecule has 6 heteroatoms. The van der Waals surface area contributed by atoms with Gasteiger partial charge in [-0.1, -0.05) is 18.2 Å². The lowest BCUT2D eigenvalue weighted by atomic mass is 10.2. The normalized spacial score (nSPS) is 18.5. The zero-order valence-corrected chi connectivity index (χ0v) is 14.7. The van der Waals surface area contributed by atoms with E-state index in [-0.39, 0.29) is 0 Å². The van der Waals surface area contributed by atoms with E-state index in [4.69, 9.17) is 4.74 Å². The fraction of sp³-hybridized carbons (Fsp3) is 0.474. The van der Waals surface area contributed by atoms with Gasteiger partial charge in [-0.05, 0) is 44.2 Å². The summed E-state index contributed by atoms with van der Waals surface area (Å²) >= 11 is 0. The molecule has 6 nitrogen and oxygen atoms in total. The third-order valence-corrected chi connectivity index (χ3v) is 4.46. The van der Waals surface area contributed by atoms with Gasteiger partial charge in [-0.3, -0.25) is 0 Å². The molecule has 1 aromatic carbocycles. The van der Waals surface area contributed by atoms with Crippen molar-refractivity contribution in [3.05, 3.63) is 48.7 Å². The van der Waals surface area contributed by atoms with Crippen LogP contribution in [0.5, 0.6) is 5.75 Å². The van der Waals surface area contributed by atoms with Crippen molar-refractivity contribution in [3.8, 4) is 5.75 Å². The molecule has 2 atom stereocenters. The Hall–Kier alpha value is -2.18. The zero-order valence-electron chi connectivity index (χ0n) is 14.7. The first-order valence-electron chi connectivity index (χ1n) is 8.81. The molecule has 0 saturated carbocycles. The Morgan fingerprint density at radius 2 is 2.12 bits per heavy atom. The summed E-state index contributed by atoms with van der Waals surface area (Å²) < 4.78 is 5.62. The number of aromatic nitrogens is 2. The number of hydrogen-bond donors (Lipinski definition) is 1. The second kappa shape index (κ2) is 8.78. The molecule has 3 rings (SSSR count). The molecule has 0 unspecified atom stereocenters. The summed E-state index contributed by atoms with van der Waals surface area (Å²) in [5.41, 5.74) is 0. The maximum atomic E-state index is 10.2. The summed E-state index contributed by atoms with van der Waals surface area (Å²) in [5.74, 6) is 1.72. The highest BCUT2D eigenvalue weighted by Gasteiger charge is 2.27. The maximum absolute atomic E-state index is 10.2. The van der Waals surface area contributed by atoms with Gasteiger partial charge in [0.05, 0.1) is 0 Å². The molecule has 0 aliphatic carbocycles. The Labute approximate surface area is 149 Å². The third kappa shape index (κ3) is 5.14. The summed E-state index contributed by atoms with van der Waals surface area (Å²) in [4.78, 5) is 4.48. The topological polar surface area (TPSA) is 61.7 Å². The van der Waals surface area contributed by atoms with Crippen molar-refractivity contribution in [2.75, 3.05) is 38.2 Å². The van der Waals surface area contributed by atoms with E-state index in [9.17, 15) is 5.11 Å². The van der Waals surface area contributed by atoms with E-state index in [2.05, 4.69) is 20.0 Å². The van der Waals surface area contributed by atoms with Crippen LogP contribution in [0.1, 0.15) is 12.8 Å². The van der Waals surface area contributed by atoms with E-state index < -0.39 is 6.10 Å². The highest BCUT2D eigenvalue weighted by atomic mass is 16.5. The van der Waals surface area contributed by atoms with Crippen LogP contribution < -0.4 is 9.64 Å². The van der Waals surface area contributed by atoms with E-state index in [0.717, 1.165) is 37.5 Å². The van der Waals surface area contributed by atoms with Crippen LogP contribution in [0.4, 0.5) is 5.82 Å². The lowest BCUT2D eigenvalue weighted by molar-refractivity contribution is 0.0748. The quantitative estimate of drug-likeness (QED) is 0.790. The molecular weight excluding hydrogens is 316 g/mol. The van der Waals surface area contributed by atoms with Crippen LogP contribution in [0.3, 0.4) is 0 Å². The van der Waals surface area contributed by atoms with Gasteiger partial charge in [-0.25, -0.2) is 0 Å². The predicted octanol–water partition coefficient (Wildman–Crippen LogP) is 1.82. The first-order chi connectivity index (χ1) is 12.2. The van der Waals surface area contributed by atoms with Crippen LogP contribution in [0.15, 0.2) is 48.7 Å². The molecule has 1 saturated heterocycles. The standard InChI is InChI=1S/C19H26N4O2/c1-22(14-17(24)15-25-18-8-3-2-4-9-18)13-16-7-6-12-23(16)19-10-5-11-20-21-19/h2-5,8-11,16-17,24H,6-7,12-15H2,1H3/t16-,17-/m1/s1. The molecule has 1 N–H and O–H groups in total. The van der Waals surface area contributed by atoms with Crippen LogP contribution in [-0.2, 0) is 0 Å². The largest absolute Gasteiger partial charge is 0.491 e. The number of nitrogens with zero attached hydrogens (tertiary/aromatic N) is 4. The van der Waals surface area contributed by atoms with Crippen molar-refractivity contribution in [2.24, 2.45) is 0 Å². The summed E-state index contributed by atoms with van der Waals surface area (Å²) in [6.45, 7) is 2.78. The second-order valence-electron chi connectivity index (χ2n) is 6.57. The van der Waals surface area contributed by atoms with Gasteiger partial charge in [0.2, 0.25) is 0 Å². The van der Waals surface area contributed by atoms with E-state index in [1.807, 2.05) is 49.5 Å². The predicted molar refractivity (Wildman–Crippen MR) is 97.8 cm³/mol. The van der Waals surface area contributed by atoms with Gasteiger partial charge in [-0.15, -0.1) is 5.10 Å². The van der Waals surface area contributed by atoms with Gasteiger partial charge in [0.1, 0.15) is 18.5 Å². The zero-order chi connectivity index (χ0) is 17.5. The number of aliphatic hydroxyl groups excluding tert-OH is 1. The van der Waals surface area contributed by atoms with Crippen LogP contribution in [-0.4, -0.2) is 65.6 Å². The number of hydrogen-bond acceptors (Lipinski definition) is 6. The Kier molecular flexibility index (Phi) is 6.19. The average molecular weight is 342 g/mol. The fourth-order valence-corrected chi connectivity index (χ4v) is 3.33. The minimum atomic E-state index is -0.517. The van der Waals surface area contributed by atoms with Gasteiger partial charge in [0, 0.05) is 31.9 Å². The van der Waals surface area contributed by atoms with Crippen molar-refractivity contribution in [3.63, 3.8) is 0 Å². The monoisotopic (exact) mass is 342 g/mol. The highest BCUT2D eigenvalue weighted by molar-refractivity contribution is 5.39. The van der Waals surface area contributed by atoms with Crippen molar-refractivity contribution in [1.29, 1.82) is 0 Å². The van der Waals surface area contributed by atoms with Crippen LogP contribution in [0.2, 0.25) is 0 Å². The van der Waals surface area contributed by atoms with Crippen LogP contribution in [0, 0.1) is 0 Å². The van der Waals surface area contributed by atoms with Crippen molar-refractivity contribution in [2.45, 2.75) is 25.0 Å². The Morgan fingerprint density at radius 3 is 2.88 bits per heavy atom. The van der Waals surface area contributed by atoms with Gasteiger partial charge >= 0.3 is 0 Å². The number of likely N-dealkylation sites (N-methyl/N-ethyl adjacent to an activating group) is 1. The number of rotatable bonds is 8. The Morgan fingerprint density at radius 1 is 1.28 bits per heavy atom. The molecule has 1 aliphatic rings. The van der Waals surface area contributed by atoms with Crippen LogP contribution >= 0.6 is 0 Å². The van der Waals surface area contributed by atoms with Crippen molar-refractivity contribution < 1.29 is 9.84 Å². The number of para-hydroxylation sites is 1. The smallest absolute Gasteiger partial charge is 0.151 e. The Balaban J connectivity index is 1.46. The summed E-state index contributed by atoms with van der Waals surface area (Å²) in [7, 11) is 2.04. The molecule has 1 fully saturated rings. The average Bonchev–Trinajstić information content (AvgIpc) is 3.09. The van der Waals surface area contributed by atoms with E-state index >= 15 is 0 Å². The van der Waals surface area contributed by atoms with E-state index in [1.165, 1.54) is 0 Å². The first-order valence-corrected chi connectivity index (χ1v) is 8.81. The van der Waals surface area contributed by atoms with E-state index in [1.54, 1.807) is 6.20 Å². The highest BCUT2D eigenvalue weighted by Crippen LogP contribution is 2.23. The number of benzene rings is 1. The number of aliphatic hydroxyl groups is 1. The minimum absolute atomic E-state index is 0.299. The lowest BCUT2D eigenvalue weighted by Crippen LogP contribution is -2.42. The molecule has 2 aromatic rings. The summed E-state index contributed by atoms with van der Waals surface area (Å²) in [6, 6.07) is 13.9. The van der Waals surface area contributed by atoms with Crippen LogP contribution in [0.25, 0.3) is 0 Å². The van der Waals surface area contributed by atoms with Crippen molar-refractivity contribution >= 4 is 5.82 Å². The molecule has 134 valence electrons. The fourth-order valence-electron chi connectivity index (χ4n) is 3.33.